The van der Waals surface area contributed by atoms with Crippen molar-refractivity contribution < 1.29 is 19.0 Å². The molecule has 39 heavy (non-hydrogen) atoms. The molecule has 1 aliphatic heterocycles. The molecule has 198 valence electrons. The number of ether oxygens (including phenoxy) is 2. The topological polar surface area (TPSA) is 99.5 Å². The van der Waals surface area contributed by atoms with Gasteiger partial charge in [0, 0.05) is 29.1 Å². The van der Waals surface area contributed by atoms with Gasteiger partial charge < -0.3 is 20.3 Å². The van der Waals surface area contributed by atoms with E-state index in [2.05, 4.69) is 47.6 Å². The lowest BCUT2D eigenvalue weighted by molar-refractivity contribution is -0.511. The van der Waals surface area contributed by atoms with Crippen molar-refractivity contribution in [3.05, 3.63) is 84.8 Å². The summed E-state index contributed by atoms with van der Waals surface area (Å²) in [5.41, 5.74) is 12.2. The van der Waals surface area contributed by atoms with E-state index in [4.69, 9.17) is 20.2 Å². The highest BCUT2D eigenvalue weighted by atomic mass is 16.7. The van der Waals surface area contributed by atoms with E-state index in [0.29, 0.717) is 32.6 Å². The van der Waals surface area contributed by atoms with Crippen molar-refractivity contribution in [1.29, 1.82) is 0 Å². The van der Waals surface area contributed by atoms with E-state index in [0.717, 1.165) is 44.5 Å². The molecule has 2 fully saturated rings. The Kier molecular flexibility index (Phi) is 5.41. The fourth-order valence-corrected chi connectivity index (χ4v) is 6.05. The first-order valence-corrected chi connectivity index (χ1v) is 13.4. The molecule has 5 aromatic rings. The number of nitrogens with zero attached hydrogens (tertiary/aromatic N) is 4. The summed E-state index contributed by atoms with van der Waals surface area (Å²) in [6, 6.07) is 22.9. The van der Waals surface area contributed by atoms with Gasteiger partial charge in [0.25, 0.3) is 12.0 Å². The number of fused-ring (bicyclic) bond motifs is 3. The monoisotopic (exact) mass is 522 g/mol. The summed E-state index contributed by atoms with van der Waals surface area (Å²) in [6.07, 6.45) is 5.05. The first-order chi connectivity index (χ1) is 18.7. The van der Waals surface area contributed by atoms with Gasteiger partial charge in [-0.25, -0.2) is 9.38 Å². The number of hydrogen-bond donors (Lipinski definition) is 2. The molecule has 3 aromatic heterocycles. The first kappa shape index (κ1) is 24.4. The molecule has 7 rings (SSSR count). The second-order valence-corrected chi connectivity index (χ2v) is 11.5. The summed E-state index contributed by atoms with van der Waals surface area (Å²) in [5, 5.41) is 16.0. The van der Waals surface area contributed by atoms with Crippen LogP contribution in [0.1, 0.15) is 32.3 Å². The van der Waals surface area contributed by atoms with Crippen molar-refractivity contribution in [3.8, 4) is 22.4 Å². The molecule has 2 aromatic carbocycles. The van der Waals surface area contributed by atoms with Crippen LogP contribution >= 0.6 is 0 Å². The number of nitrogens with two attached hydrogens (primary N) is 1. The third-order valence-corrected chi connectivity index (χ3v) is 7.83. The van der Waals surface area contributed by atoms with Gasteiger partial charge >= 0.3 is 0 Å². The normalized spacial score (nSPS) is 18.2. The van der Waals surface area contributed by atoms with Crippen LogP contribution < -0.4 is 10.1 Å². The summed E-state index contributed by atoms with van der Waals surface area (Å²) in [5.74, 6) is -0.505. The Labute approximate surface area is 226 Å². The number of aromatic nitrogens is 4. The van der Waals surface area contributed by atoms with Gasteiger partial charge in [-0.15, -0.1) is 4.68 Å². The Hall–Kier alpha value is -3.69. The van der Waals surface area contributed by atoms with Crippen molar-refractivity contribution in [2.24, 2.45) is 5.73 Å². The molecular weight excluding hydrogens is 490 g/mol. The molecule has 3 N–H and O–H groups in total. The van der Waals surface area contributed by atoms with E-state index in [1.807, 2.05) is 39.5 Å². The van der Waals surface area contributed by atoms with E-state index in [9.17, 15) is 5.11 Å². The maximum Gasteiger partial charge on any atom is 0.274 e. The minimum atomic E-state index is -0.907. The van der Waals surface area contributed by atoms with Crippen LogP contribution in [-0.4, -0.2) is 44.5 Å². The van der Waals surface area contributed by atoms with Crippen LogP contribution in [0.15, 0.2) is 79.3 Å². The summed E-state index contributed by atoms with van der Waals surface area (Å²) < 4.78 is 15.5. The highest BCUT2D eigenvalue weighted by Gasteiger charge is 2.57. The lowest BCUT2D eigenvalue weighted by atomic mass is 9.68. The van der Waals surface area contributed by atoms with Gasteiger partial charge in [0.05, 0.1) is 47.1 Å². The average Bonchev–Trinajstić information content (AvgIpc) is 3.55. The minimum absolute atomic E-state index is 0.366. The second kappa shape index (κ2) is 8.66. The van der Waals surface area contributed by atoms with Gasteiger partial charge in [0.1, 0.15) is 6.54 Å². The molecule has 0 atom stereocenters. The molecule has 8 nitrogen and oxygen atoms in total. The molecule has 1 saturated heterocycles. The predicted molar refractivity (Wildman–Crippen MR) is 148 cm³/mol. The van der Waals surface area contributed by atoms with Gasteiger partial charge in [0.15, 0.2) is 5.79 Å². The van der Waals surface area contributed by atoms with E-state index in [1.165, 1.54) is 0 Å². The largest absolute Gasteiger partial charge is 0.387 e. The van der Waals surface area contributed by atoms with Crippen molar-refractivity contribution in [2.45, 2.75) is 50.2 Å². The Morgan fingerprint density at radius 3 is 2.41 bits per heavy atom. The van der Waals surface area contributed by atoms with Crippen LogP contribution in [-0.2, 0) is 21.6 Å². The smallest absolute Gasteiger partial charge is 0.274 e. The Morgan fingerprint density at radius 1 is 1.00 bits per heavy atom. The summed E-state index contributed by atoms with van der Waals surface area (Å²) in [6.45, 7) is 5.20. The lowest BCUT2D eigenvalue weighted by Gasteiger charge is -2.50. The molecule has 2 aliphatic rings. The zero-order valence-electron chi connectivity index (χ0n) is 22.2. The number of aliphatic hydroxyl groups is 1. The third-order valence-electron chi connectivity index (χ3n) is 7.83. The van der Waals surface area contributed by atoms with Crippen LogP contribution in [0.3, 0.4) is 0 Å². The van der Waals surface area contributed by atoms with E-state index in [1.54, 1.807) is 20.2 Å². The fourth-order valence-electron chi connectivity index (χ4n) is 6.05. The Balaban J connectivity index is 1.34. The molecule has 0 radical (unpaired) electrons. The SMILES string of the molecule is CC(C)(O)Cn1nc[n+]2ccc3nc(-c4ccc(C5(N)CC6(C5)OCCO6)cc4)c(-c4ccccc4)cc3c12. The van der Waals surface area contributed by atoms with Crippen molar-refractivity contribution in [3.63, 3.8) is 0 Å². The maximum absolute atomic E-state index is 10.5. The summed E-state index contributed by atoms with van der Waals surface area (Å²) >= 11 is 0. The standard InChI is InChI=1S/C31H32N5O3/c1-29(2,37)19-36-28-25-16-24(21-6-4-3-5-7-21)27(34-26(25)12-13-35(28)20-33-36)22-8-10-23(11-9-22)30(32)17-31(18-30)38-14-15-39-31/h3-13,16,20,37H,14-15,17-19,32H2,1-2H3/q+1. The molecule has 0 amide bonds. The molecule has 8 heteroatoms. The van der Waals surface area contributed by atoms with Crippen molar-refractivity contribution in [2.75, 3.05) is 13.2 Å². The summed E-state index contributed by atoms with van der Waals surface area (Å²) in [7, 11) is 0. The van der Waals surface area contributed by atoms with E-state index >= 15 is 0 Å². The number of rotatable bonds is 5. The van der Waals surface area contributed by atoms with Gasteiger partial charge in [-0.3, -0.25) is 0 Å². The molecule has 0 unspecified atom stereocenters. The molecule has 1 saturated carbocycles. The lowest BCUT2D eigenvalue weighted by Crippen LogP contribution is -2.60. The minimum Gasteiger partial charge on any atom is -0.387 e. The second-order valence-electron chi connectivity index (χ2n) is 11.5. The van der Waals surface area contributed by atoms with Crippen molar-refractivity contribution >= 4 is 16.6 Å². The predicted octanol–water partition coefficient (Wildman–Crippen LogP) is 3.97. The van der Waals surface area contributed by atoms with Gasteiger partial charge in [0.2, 0.25) is 0 Å². The van der Waals surface area contributed by atoms with E-state index < -0.39 is 16.9 Å². The molecular formula is C31H32N5O3+. The molecule has 0 bridgehead atoms. The fraction of sp³-hybridized carbons (Fsp3) is 0.323. The number of pyridine rings is 2. The zero-order valence-corrected chi connectivity index (χ0v) is 22.2. The Bertz CT molecular complexity index is 1680. The zero-order chi connectivity index (χ0) is 26.8. The number of benzene rings is 2. The van der Waals surface area contributed by atoms with Crippen LogP contribution in [0.4, 0.5) is 0 Å². The van der Waals surface area contributed by atoms with Crippen LogP contribution in [0.25, 0.3) is 38.9 Å². The van der Waals surface area contributed by atoms with Gasteiger partial charge in [-0.2, -0.15) is 0 Å². The van der Waals surface area contributed by atoms with Gasteiger partial charge in [-0.1, -0.05) is 54.6 Å². The maximum atomic E-state index is 10.5. The summed E-state index contributed by atoms with van der Waals surface area (Å²) in [4.78, 5) is 5.18. The Morgan fingerprint density at radius 2 is 1.72 bits per heavy atom. The van der Waals surface area contributed by atoms with Crippen LogP contribution in [0.5, 0.6) is 0 Å². The van der Waals surface area contributed by atoms with E-state index in [-0.39, 0.29) is 0 Å². The average molecular weight is 523 g/mol. The highest BCUT2D eigenvalue weighted by molar-refractivity contribution is 5.97. The van der Waals surface area contributed by atoms with Crippen molar-refractivity contribution in [1.82, 2.24) is 14.8 Å². The molecule has 1 aliphatic carbocycles. The van der Waals surface area contributed by atoms with Gasteiger partial charge in [-0.05, 0) is 37.1 Å². The van der Waals surface area contributed by atoms with Crippen LogP contribution in [0.2, 0.25) is 0 Å². The highest BCUT2D eigenvalue weighted by Crippen LogP contribution is 2.51. The molecule has 1 spiro atoms. The quantitative estimate of drug-likeness (QED) is 0.339. The molecule has 4 heterocycles. The first-order valence-electron chi connectivity index (χ1n) is 13.4. The van der Waals surface area contributed by atoms with Crippen LogP contribution in [0, 0.1) is 0 Å². The number of hydrogen-bond acceptors (Lipinski definition) is 6. The third kappa shape index (κ3) is 4.20.